The number of hydrogen-bond acceptors (Lipinski definition) is 13. The van der Waals surface area contributed by atoms with Crippen LogP contribution in [0.3, 0.4) is 0 Å². The summed E-state index contributed by atoms with van der Waals surface area (Å²) >= 11 is 0. The molecule has 3 heterocycles. The Balaban J connectivity index is 0.953. The molecular formula is C50H62N6O11. The molecule has 9 aliphatic carbocycles. The van der Waals surface area contributed by atoms with Gasteiger partial charge in [0.1, 0.15) is 24.3 Å². The van der Waals surface area contributed by atoms with E-state index in [2.05, 4.69) is 10.6 Å². The Morgan fingerprint density at radius 3 is 1.55 bits per heavy atom. The third-order valence-corrected chi connectivity index (χ3v) is 16.6. The minimum Gasteiger partial charge on any atom is -0.463 e. The van der Waals surface area contributed by atoms with Crippen molar-refractivity contribution in [3.8, 4) is 22.5 Å². The normalized spacial score (nSPS) is 33.6. The number of fused-ring (bicyclic) bond motifs is 5. The molecule has 13 rings (SSSR count). The number of rotatable bonds is 14. The van der Waals surface area contributed by atoms with E-state index >= 15 is 4.79 Å². The highest BCUT2D eigenvalue weighted by Crippen LogP contribution is 2.62. The Labute approximate surface area is 389 Å². The Morgan fingerprint density at radius 1 is 0.672 bits per heavy atom. The molecule has 10 aliphatic rings. The van der Waals surface area contributed by atoms with Crippen LogP contribution in [0.1, 0.15) is 109 Å². The van der Waals surface area contributed by atoms with Gasteiger partial charge in [-0.05, 0) is 113 Å². The summed E-state index contributed by atoms with van der Waals surface area (Å²) in [5.41, 5.74) is 3.62. The van der Waals surface area contributed by atoms with Crippen LogP contribution in [0.4, 0.5) is 11.6 Å². The molecule has 0 spiro atoms. The quantitative estimate of drug-likeness (QED) is 0.101. The first-order valence-electron chi connectivity index (χ1n) is 24.5. The summed E-state index contributed by atoms with van der Waals surface area (Å²) < 4.78 is 32.3. The van der Waals surface area contributed by atoms with E-state index in [1.54, 1.807) is 9.36 Å². The monoisotopic (exact) mass is 922 g/mol. The first-order chi connectivity index (χ1) is 32.3. The van der Waals surface area contributed by atoms with Gasteiger partial charge in [-0.1, -0.05) is 24.3 Å². The van der Waals surface area contributed by atoms with Gasteiger partial charge in [-0.3, -0.25) is 24.0 Å². The number of amides is 2. The zero-order chi connectivity index (χ0) is 46.4. The van der Waals surface area contributed by atoms with E-state index in [9.17, 15) is 24.3 Å². The highest BCUT2D eigenvalue weighted by molar-refractivity contribution is 6.00. The summed E-state index contributed by atoms with van der Waals surface area (Å²) in [5.74, 6) is 2.59. The van der Waals surface area contributed by atoms with Crippen LogP contribution in [0.2, 0.25) is 0 Å². The zero-order valence-electron chi connectivity index (χ0n) is 38.6. The second-order valence-corrected chi connectivity index (χ2v) is 21.4. The van der Waals surface area contributed by atoms with E-state index in [0.717, 1.165) is 60.8 Å². The van der Waals surface area contributed by atoms with Gasteiger partial charge in [0.25, 0.3) is 0 Å². The number of esters is 3. The van der Waals surface area contributed by atoms with Crippen molar-refractivity contribution in [2.75, 3.05) is 30.5 Å². The first kappa shape index (κ1) is 44.4. The Bertz CT molecular complexity index is 2420. The lowest BCUT2D eigenvalue weighted by Gasteiger charge is -2.55. The minimum absolute atomic E-state index is 0.00729. The summed E-state index contributed by atoms with van der Waals surface area (Å²) in [7, 11) is 0. The predicted molar refractivity (Wildman–Crippen MR) is 240 cm³/mol. The number of carbonyl (C=O) groups excluding carboxylic acids is 5. The molecule has 3 aromatic rings. The standard InChI is InChI=1S/C50H62N6O11/c1-26(58)64-25-39-42(65-27(2)59)43(66-28(3)60)46(67-39)63-11-9-56-45(52-48(62)50-22-32-15-33(23-50)17-34(16-32)24-50)38-18-37-40(35-6-4-5-7-36(35)41(38)54-56)53-55(8-10-57)44(37)51-47(61)49-19-29-12-30(20-49)14-31(13-29)21-49/h4-7,29-34,39,42-43,46,57H,8-25H2,1-3H3,(H,51,61)(H,52,62)/t29?,30?,31?,32?,33?,34?,39-,42-,43-,46-,49?,50?/m1/s1. The Hall–Kier alpha value is -5.13. The van der Waals surface area contributed by atoms with Gasteiger partial charge in [0, 0.05) is 49.4 Å². The molecule has 17 nitrogen and oxygen atoms in total. The number of benzene rings is 1. The smallest absolute Gasteiger partial charge is 0.303 e. The van der Waals surface area contributed by atoms with Crippen LogP contribution in [-0.2, 0) is 67.2 Å². The molecule has 0 unspecified atom stereocenters. The third-order valence-electron chi connectivity index (χ3n) is 16.6. The zero-order valence-corrected chi connectivity index (χ0v) is 38.6. The molecule has 4 atom stereocenters. The van der Waals surface area contributed by atoms with E-state index in [0.29, 0.717) is 58.5 Å². The van der Waals surface area contributed by atoms with E-state index in [1.165, 1.54) is 59.3 Å². The summed E-state index contributed by atoms with van der Waals surface area (Å²) in [4.78, 5) is 66.2. The van der Waals surface area contributed by atoms with Crippen LogP contribution in [0, 0.1) is 46.3 Å². The highest BCUT2D eigenvalue weighted by atomic mass is 16.7. The van der Waals surface area contributed by atoms with Crippen LogP contribution in [0.5, 0.6) is 0 Å². The van der Waals surface area contributed by atoms with Crippen molar-refractivity contribution in [2.45, 2.75) is 142 Å². The number of nitrogens with zero attached hydrogens (tertiary/aromatic N) is 4. The molecule has 1 aliphatic heterocycles. The van der Waals surface area contributed by atoms with E-state index in [4.69, 9.17) is 33.9 Å². The van der Waals surface area contributed by atoms with E-state index < -0.39 is 53.3 Å². The molecule has 67 heavy (non-hydrogen) atoms. The predicted octanol–water partition coefficient (Wildman–Crippen LogP) is 5.79. The van der Waals surface area contributed by atoms with Gasteiger partial charge in [-0.15, -0.1) is 0 Å². The lowest BCUT2D eigenvalue weighted by Crippen LogP contribution is -2.52. The first-order valence-corrected chi connectivity index (χ1v) is 24.5. The van der Waals surface area contributed by atoms with Crippen molar-refractivity contribution in [1.82, 2.24) is 19.6 Å². The summed E-state index contributed by atoms with van der Waals surface area (Å²) in [6.07, 6.45) is 8.28. The number of nitrogens with one attached hydrogen (secondary N) is 2. The largest absolute Gasteiger partial charge is 0.463 e. The summed E-state index contributed by atoms with van der Waals surface area (Å²) in [6.45, 7) is 3.53. The number of aliphatic hydroxyl groups excluding tert-OH is 1. The maximum atomic E-state index is 15.1. The average Bonchev–Trinajstić information content (AvgIpc) is 3.85. The fourth-order valence-electron chi connectivity index (χ4n) is 14.9. The molecular weight excluding hydrogens is 861 g/mol. The lowest BCUT2D eigenvalue weighted by molar-refractivity contribution is -0.191. The third kappa shape index (κ3) is 8.05. The van der Waals surface area contributed by atoms with Gasteiger partial charge in [-0.2, -0.15) is 10.2 Å². The topological polar surface area (TPSA) is 211 Å². The molecule has 1 aromatic carbocycles. The van der Waals surface area contributed by atoms with Crippen molar-refractivity contribution >= 4 is 41.4 Å². The van der Waals surface area contributed by atoms with Gasteiger partial charge in [-0.25, -0.2) is 9.36 Å². The summed E-state index contributed by atoms with van der Waals surface area (Å²) in [6, 6.07) is 7.89. The molecule has 2 aromatic heterocycles. The number of carbonyl (C=O) groups is 5. The molecule has 3 N–H and O–H groups in total. The van der Waals surface area contributed by atoms with Gasteiger partial charge >= 0.3 is 17.9 Å². The fourth-order valence-corrected chi connectivity index (χ4v) is 14.9. The number of aliphatic hydroxyl groups is 1. The maximum Gasteiger partial charge on any atom is 0.303 e. The Kier molecular flexibility index (Phi) is 11.3. The van der Waals surface area contributed by atoms with Crippen molar-refractivity contribution in [1.29, 1.82) is 0 Å². The van der Waals surface area contributed by atoms with Crippen LogP contribution in [-0.4, -0.2) is 98.8 Å². The molecule has 2 amide bonds. The van der Waals surface area contributed by atoms with Crippen LogP contribution in [0.25, 0.3) is 22.5 Å². The highest BCUT2D eigenvalue weighted by Gasteiger charge is 2.57. The fraction of sp³-hybridized carbons (Fsp3) is 0.660. The molecule has 8 bridgehead atoms. The second-order valence-electron chi connectivity index (χ2n) is 21.4. The van der Waals surface area contributed by atoms with Crippen molar-refractivity contribution in [2.24, 2.45) is 46.3 Å². The van der Waals surface area contributed by atoms with E-state index in [1.807, 2.05) is 24.3 Å². The molecule has 9 fully saturated rings. The van der Waals surface area contributed by atoms with E-state index in [-0.39, 0.29) is 51.1 Å². The number of hydrogen-bond donors (Lipinski definition) is 3. The molecule has 1 saturated heterocycles. The molecule has 358 valence electrons. The Morgan fingerprint density at radius 2 is 1.12 bits per heavy atom. The van der Waals surface area contributed by atoms with Gasteiger partial charge in [0.15, 0.2) is 18.5 Å². The number of ether oxygens (including phenoxy) is 5. The molecule has 8 saturated carbocycles. The number of aromatic nitrogens is 4. The van der Waals surface area contributed by atoms with Gasteiger partial charge in [0.2, 0.25) is 11.8 Å². The van der Waals surface area contributed by atoms with Crippen LogP contribution in [0.15, 0.2) is 24.3 Å². The van der Waals surface area contributed by atoms with Crippen molar-refractivity contribution in [3.63, 3.8) is 0 Å². The lowest BCUT2D eigenvalue weighted by atomic mass is 9.49. The maximum absolute atomic E-state index is 15.1. The SMILES string of the molecule is CC(=O)OC[C@H]1O[C@@H](OCCn2nc3c(c2NC(=O)C24CC5CC(CC(C5)C2)C4)Cc2c(nn(CCO)c2NC(=O)C24CC5CC(CC(C5)C2)C4)-c2ccccc2-3)[C@H](OC(C)=O)[C@@H]1OC(C)=O. The average molecular weight is 923 g/mol. The van der Waals surface area contributed by atoms with Crippen LogP contribution < -0.4 is 10.6 Å². The molecule has 0 radical (unpaired) electrons. The van der Waals surface area contributed by atoms with Crippen LogP contribution >= 0.6 is 0 Å². The van der Waals surface area contributed by atoms with Crippen molar-refractivity contribution in [3.05, 3.63) is 35.4 Å². The second kappa shape index (κ2) is 17.1. The van der Waals surface area contributed by atoms with Gasteiger partial charge < -0.3 is 39.4 Å². The minimum atomic E-state index is -1.20. The molecule has 17 heteroatoms. The van der Waals surface area contributed by atoms with Crippen molar-refractivity contribution < 1.29 is 52.8 Å². The summed E-state index contributed by atoms with van der Waals surface area (Å²) in [5, 5.41) is 27.6. The van der Waals surface area contributed by atoms with Gasteiger partial charge in [0.05, 0.1) is 48.5 Å². The number of anilines is 2.